The molecule has 0 aliphatic heterocycles. The van der Waals surface area contributed by atoms with Crippen molar-refractivity contribution in [1.29, 1.82) is 0 Å². The lowest BCUT2D eigenvalue weighted by Crippen LogP contribution is -1.95. The van der Waals surface area contributed by atoms with Gasteiger partial charge in [-0.1, -0.05) is 6.07 Å². The largest absolute Gasteiger partial charge is 0.477 e. The summed E-state index contributed by atoms with van der Waals surface area (Å²) in [7, 11) is 0. The summed E-state index contributed by atoms with van der Waals surface area (Å²) in [6.45, 7) is 0. The standard InChI is InChI=1S/C10H7NO2S/c12-10(13)9-7(4-6-14-9)8-3-1-2-5-11-8/h1-6H,(H,12,13). The minimum atomic E-state index is -0.902. The van der Waals surface area contributed by atoms with E-state index >= 15 is 0 Å². The van der Waals surface area contributed by atoms with Gasteiger partial charge in [-0.25, -0.2) is 4.79 Å². The molecule has 2 aromatic heterocycles. The molecule has 0 atom stereocenters. The molecule has 0 radical (unpaired) electrons. The van der Waals surface area contributed by atoms with Gasteiger partial charge < -0.3 is 5.11 Å². The lowest BCUT2D eigenvalue weighted by Gasteiger charge is -1.97. The van der Waals surface area contributed by atoms with E-state index in [2.05, 4.69) is 4.98 Å². The highest BCUT2D eigenvalue weighted by molar-refractivity contribution is 7.12. The summed E-state index contributed by atoms with van der Waals surface area (Å²) in [6.07, 6.45) is 1.65. The smallest absolute Gasteiger partial charge is 0.346 e. The Morgan fingerprint density at radius 2 is 2.21 bits per heavy atom. The van der Waals surface area contributed by atoms with E-state index in [4.69, 9.17) is 5.11 Å². The second-order valence-electron chi connectivity index (χ2n) is 2.68. The van der Waals surface area contributed by atoms with Crippen LogP contribution in [0.15, 0.2) is 35.8 Å². The second-order valence-corrected chi connectivity index (χ2v) is 3.60. The fourth-order valence-corrected chi connectivity index (χ4v) is 1.94. The highest BCUT2D eigenvalue weighted by Gasteiger charge is 2.13. The molecule has 0 amide bonds. The molecule has 3 nitrogen and oxygen atoms in total. The van der Waals surface area contributed by atoms with Gasteiger partial charge in [0, 0.05) is 11.8 Å². The summed E-state index contributed by atoms with van der Waals surface area (Å²) in [5, 5.41) is 10.7. The highest BCUT2D eigenvalue weighted by Crippen LogP contribution is 2.26. The number of nitrogens with zero attached hydrogens (tertiary/aromatic N) is 1. The quantitative estimate of drug-likeness (QED) is 0.819. The van der Waals surface area contributed by atoms with Crippen LogP contribution >= 0.6 is 11.3 Å². The third kappa shape index (κ3) is 1.52. The predicted molar refractivity (Wildman–Crippen MR) is 54.5 cm³/mol. The van der Waals surface area contributed by atoms with Crippen LogP contribution in [0.2, 0.25) is 0 Å². The molecule has 0 saturated carbocycles. The maximum absolute atomic E-state index is 10.8. The van der Waals surface area contributed by atoms with E-state index in [1.165, 1.54) is 11.3 Å². The van der Waals surface area contributed by atoms with Gasteiger partial charge in [0.15, 0.2) is 0 Å². The van der Waals surface area contributed by atoms with Crippen LogP contribution in [0, 0.1) is 0 Å². The maximum Gasteiger partial charge on any atom is 0.346 e. The van der Waals surface area contributed by atoms with Crippen molar-refractivity contribution >= 4 is 17.3 Å². The fraction of sp³-hybridized carbons (Fsp3) is 0. The molecular formula is C10H7NO2S. The Morgan fingerprint density at radius 1 is 1.36 bits per heavy atom. The zero-order chi connectivity index (χ0) is 9.97. The average molecular weight is 205 g/mol. The zero-order valence-electron chi connectivity index (χ0n) is 7.18. The minimum Gasteiger partial charge on any atom is -0.477 e. The van der Waals surface area contributed by atoms with Crippen LogP contribution < -0.4 is 0 Å². The number of rotatable bonds is 2. The van der Waals surface area contributed by atoms with Crippen LogP contribution in [0.25, 0.3) is 11.3 Å². The summed E-state index contributed by atoms with van der Waals surface area (Å²) in [4.78, 5) is 15.3. The molecule has 70 valence electrons. The Bertz CT molecular complexity index is 450. The number of aromatic nitrogens is 1. The number of aromatic carboxylic acids is 1. The van der Waals surface area contributed by atoms with Crippen molar-refractivity contribution in [3.05, 3.63) is 40.7 Å². The molecule has 0 aliphatic rings. The number of carboxylic acids is 1. The normalized spacial score (nSPS) is 10.0. The van der Waals surface area contributed by atoms with E-state index in [-0.39, 0.29) is 0 Å². The number of hydrogen-bond donors (Lipinski definition) is 1. The minimum absolute atomic E-state index is 0.337. The molecular weight excluding hydrogens is 198 g/mol. The molecule has 0 saturated heterocycles. The van der Waals surface area contributed by atoms with E-state index in [0.29, 0.717) is 16.1 Å². The van der Waals surface area contributed by atoms with E-state index < -0.39 is 5.97 Å². The van der Waals surface area contributed by atoms with Gasteiger partial charge in [-0.15, -0.1) is 11.3 Å². The Labute approximate surface area is 84.7 Å². The molecule has 1 N–H and O–H groups in total. The molecule has 0 bridgehead atoms. The molecule has 0 fully saturated rings. The van der Waals surface area contributed by atoms with Crippen molar-refractivity contribution in [2.75, 3.05) is 0 Å². The van der Waals surface area contributed by atoms with Gasteiger partial charge in [-0.3, -0.25) is 4.98 Å². The summed E-state index contributed by atoms with van der Waals surface area (Å²) >= 11 is 1.21. The van der Waals surface area contributed by atoms with Gasteiger partial charge in [0.1, 0.15) is 4.88 Å². The van der Waals surface area contributed by atoms with E-state index in [1.807, 2.05) is 6.07 Å². The van der Waals surface area contributed by atoms with Crippen molar-refractivity contribution < 1.29 is 9.90 Å². The molecule has 0 aromatic carbocycles. The topological polar surface area (TPSA) is 50.2 Å². The summed E-state index contributed by atoms with van der Waals surface area (Å²) in [5.41, 5.74) is 1.38. The number of carbonyl (C=O) groups is 1. The number of thiophene rings is 1. The Hall–Kier alpha value is -1.68. The highest BCUT2D eigenvalue weighted by atomic mass is 32.1. The molecule has 0 unspecified atom stereocenters. The molecule has 2 heterocycles. The molecule has 2 aromatic rings. The SMILES string of the molecule is O=C(O)c1sccc1-c1ccccn1. The lowest BCUT2D eigenvalue weighted by molar-refractivity contribution is 0.0703. The Kier molecular flexibility index (Phi) is 2.28. The fourth-order valence-electron chi connectivity index (χ4n) is 1.20. The monoisotopic (exact) mass is 205 g/mol. The Morgan fingerprint density at radius 3 is 2.86 bits per heavy atom. The van der Waals surface area contributed by atoms with E-state index in [9.17, 15) is 4.79 Å². The van der Waals surface area contributed by atoms with E-state index in [0.717, 1.165) is 0 Å². The van der Waals surface area contributed by atoms with Gasteiger partial charge in [-0.2, -0.15) is 0 Å². The third-order valence-corrected chi connectivity index (χ3v) is 2.70. The predicted octanol–water partition coefficient (Wildman–Crippen LogP) is 2.51. The van der Waals surface area contributed by atoms with Gasteiger partial charge in [0.05, 0.1) is 5.69 Å². The molecule has 2 rings (SSSR count). The summed E-state index contributed by atoms with van der Waals surface area (Å²) in [5.74, 6) is -0.902. The first-order valence-electron chi connectivity index (χ1n) is 4.01. The maximum atomic E-state index is 10.8. The molecule has 0 spiro atoms. The molecule has 0 aliphatic carbocycles. The zero-order valence-corrected chi connectivity index (χ0v) is 7.99. The van der Waals surface area contributed by atoms with Crippen LogP contribution in [-0.4, -0.2) is 16.1 Å². The van der Waals surface area contributed by atoms with Crippen LogP contribution in [0.4, 0.5) is 0 Å². The lowest BCUT2D eigenvalue weighted by atomic mass is 10.2. The average Bonchev–Trinajstić information content (AvgIpc) is 2.67. The van der Waals surface area contributed by atoms with Crippen LogP contribution in [0.1, 0.15) is 9.67 Å². The van der Waals surface area contributed by atoms with E-state index in [1.54, 1.807) is 29.8 Å². The van der Waals surface area contributed by atoms with Crippen molar-refractivity contribution in [2.24, 2.45) is 0 Å². The number of hydrogen-bond acceptors (Lipinski definition) is 3. The van der Waals surface area contributed by atoms with Gasteiger partial charge in [0.2, 0.25) is 0 Å². The van der Waals surface area contributed by atoms with Gasteiger partial charge in [-0.05, 0) is 23.6 Å². The number of pyridine rings is 1. The van der Waals surface area contributed by atoms with Gasteiger partial charge >= 0.3 is 5.97 Å². The molecule has 4 heteroatoms. The first kappa shape index (κ1) is 8.90. The van der Waals surface area contributed by atoms with Crippen LogP contribution in [-0.2, 0) is 0 Å². The Balaban J connectivity index is 2.52. The van der Waals surface area contributed by atoms with Crippen molar-refractivity contribution in [1.82, 2.24) is 4.98 Å². The van der Waals surface area contributed by atoms with Crippen LogP contribution in [0.3, 0.4) is 0 Å². The van der Waals surface area contributed by atoms with Crippen LogP contribution in [0.5, 0.6) is 0 Å². The third-order valence-electron chi connectivity index (χ3n) is 1.80. The van der Waals surface area contributed by atoms with Crippen molar-refractivity contribution in [2.45, 2.75) is 0 Å². The van der Waals surface area contributed by atoms with Crippen molar-refractivity contribution in [3.63, 3.8) is 0 Å². The first-order chi connectivity index (χ1) is 6.79. The second kappa shape index (κ2) is 3.59. The summed E-state index contributed by atoms with van der Waals surface area (Å²) in [6, 6.07) is 7.22. The summed E-state index contributed by atoms with van der Waals surface area (Å²) < 4.78 is 0. The van der Waals surface area contributed by atoms with Crippen molar-refractivity contribution in [3.8, 4) is 11.3 Å². The first-order valence-corrected chi connectivity index (χ1v) is 4.89. The molecule has 14 heavy (non-hydrogen) atoms. The number of carboxylic acid groups (broad SMARTS) is 1. The van der Waals surface area contributed by atoms with Gasteiger partial charge in [0.25, 0.3) is 0 Å².